The molecule has 0 aromatic carbocycles. The zero-order chi connectivity index (χ0) is 4.57. The predicted molar refractivity (Wildman–Crippen MR) is 26.3 cm³/mol. The van der Waals surface area contributed by atoms with Crippen molar-refractivity contribution in [1.82, 2.24) is 0 Å². The first-order chi connectivity index (χ1) is 2.80. The molecular weight excluding hydrogens is 147 g/mol. The summed E-state index contributed by atoms with van der Waals surface area (Å²) in [4.78, 5) is 0.836. The van der Waals surface area contributed by atoms with Crippen LogP contribution in [-0.4, -0.2) is 6.17 Å². The minimum absolute atomic E-state index is 0.634. The maximum Gasteiger partial charge on any atom is 0.117 e. The number of alkyl halides is 1. The molecule has 0 spiro atoms. The van der Waals surface area contributed by atoms with E-state index < -0.39 is 6.17 Å². The highest BCUT2D eigenvalue weighted by Crippen LogP contribution is 2.37. The SMILES string of the molecule is FC1CC[C]1Br. The smallest absolute Gasteiger partial charge is 0.117 e. The van der Waals surface area contributed by atoms with Crippen LogP contribution in [0.25, 0.3) is 0 Å². The van der Waals surface area contributed by atoms with E-state index in [9.17, 15) is 4.39 Å². The summed E-state index contributed by atoms with van der Waals surface area (Å²) in [5.41, 5.74) is 0. The fourth-order valence-corrected chi connectivity index (χ4v) is 0.820. The molecule has 1 rings (SSSR count). The third-order valence-corrected chi connectivity index (χ3v) is 1.87. The molecule has 1 aliphatic rings. The van der Waals surface area contributed by atoms with Crippen molar-refractivity contribution < 1.29 is 4.39 Å². The van der Waals surface area contributed by atoms with E-state index >= 15 is 0 Å². The maximum absolute atomic E-state index is 11.8. The number of hydrogen-bond acceptors (Lipinski definition) is 0. The van der Waals surface area contributed by atoms with Gasteiger partial charge in [0.2, 0.25) is 0 Å². The van der Waals surface area contributed by atoms with Crippen LogP contribution in [0, 0.1) is 4.83 Å². The molecule has 0 aliphatic heterocycles. The molecule has 1 saturated carbocycles. The van der Waals surface area contributed by atoms with Crippen LogP contribution in [0.5, 0.6) is 0 Å². The Balaban J connectivity index is 2.20. The van der Waals surface area contributed by atoms with Crippen molar-refractivity contribution in [2.75, 3.05) is 0 Å². The highest BCUT2D eigenvalue weighted by molar-refractivity contribution is 9.11. The third-order valence-electron chi connectivity index (χ3n) is 0.976. The Morgan fingerprint density at radius 1 is 1.83 bits per heavy atom. The summed E-state index contributed by atoms with van der Waals surface area (Å²) in [6.45, 7) is 0. The summed E-state index contributed by atoms with van der Waals surface area (Å²) in [7, 11) is 0. The summed E-state index contributed by atoms with van der Waals surface area (Å²) >= 11 is 3.07. The molecule has 6 heavy (non-hydrogen) atoms. The molecule has 0 nitrogen and oxygen atoms in total. The van der Waals surface area contributed by atoms with Gasteiger partial charge in [-0.2, -0.15) is 0 Å². The van der Waals surface area contributed by atoms with Gasteiger partial charge in [-0.3, -0.25) is 0 Å². The molecule has 1 fully saturated rings. The van der Waals surface area contributed by atoms with E-state index in [0.717, 1.165) is 17.7 Å². The van der Waals surface area contributed by atoms with Gasteiger partial charge in [0.05, 0.1) is 4.83 Å². The van der Waals surface area contributed by atoms with E-state index in [-0.39, 0.29) is 0 Å². The standard InChI is InChI=1S/C4H5BrF/c5-3-1-2-4(3)6/h4H,1-2H2. The van der Waals surface area contributed by atoms with Crippen molar-refractivity contribution in [3.63, 3.8) is 0 Å². The summed E-state index contributed by atoms with van der Waals surface area (Å²) in [6.07, 6.45) is 1.02. The molecule has 2 heteroatoms. The molecule has 1 atom stereocenters. The van der Waals surface area contributed by atoms with Crippen LogP contribution in [0.3, 0.4) is 0 Å². The number of rotatable bonds is 0. The monoisotopic (exact) mass is 151 g/mol. The molecule has 0 bridgehead atoms. The van der Waals surface area contributed by atoms with Gasteiger partial charge >= 0.3 is 0 Å². The van der Waals surface area contributed by atoms with Crippen LogP contribution >= 0.6 is 15.9 Å². The summed E-state index contributed by atoms with van der Waals surface area (Å²) < 4.78 is 11.8. The molecule has 0 aromatic rings. The first kappa shape index (κ1) is 4.57. The predicted octanol–water partition coefficient (Wildman–Crippen LogP) is 2.05. The van der Waals surface area contributed by atoms with E-state index in [1.54, 1.807) is 0 Å². The van der Waals surface area contributed by atoms with Crippen molar-refractivity contribution in [3.05, 3.63) is 4.83 Å². The lowest BCUT2D eigenvalue weighted by Crippen LogP contribution is -2.18. The molecule has 1 unspecified atom stereocenters. The molecule has 0 saturated heterocycles. The molecule has 0 amide bonds. The Bertz CT molecular complexity index is 47.5. The summed E-state index contributed by atoms with van der Waals surface area (Å²) in [5, 5.41) is 0. The molecular formula is C4H5BrF. The van der Waals surface area contributed by atoms with Crippen LogP contribution in [0.1, 0.15) is 12.8 Å². The molecule has 0 N–H and O–H groups in total. The summed E-state index contributed by atoms with van der Waals surface area (Å²) in [6, 6.07) is 0. The van der Waals surface area contributed by atoms with Crippen LogP contribution in [-0.2, 0) is 0 Å². The quantitative estimate of drug-likeness (QED) is 0.498. The fourth-order valence-electron chi connectivity index (χ4n) is 0.363. The molecule has 1 aliphatic carbocycles. The van der Waals surface area contributed by atoms with Gasteiger partial charge in [-0.1, -0.05) is 15.9 Å². The average molecular weight is 152 g/mol. The minimum Gasteiger partial charge on any atom is -0.246 e. The highest BCUT2D eigenvalue weighted by atomic mass is 79.9. The Hall–Kier alpha value is 0.410. The van der Waals surface area contributed by atoms with Gasteiger partial charge in [0, 0.05) is 0 Å². The summed E-state index contributed by atoms with van der Waals surface area (Å²) in [5.74, 6) is 0. The third kappa shape index (κ3) is 0.579. The zero-order valence-electron chi connectivity index (χ0n) is 3.25. The first-order valence-electron chi connectivity index (χ1n) is 1.96. The Labute approximate surface area is 44.9 Å². The average Bonchev–Trinajstić information content (AvgIpc) is 1.61. The van der Waals surface area contributed by atoms with E-state index in [1.165, 1.54) is 0 Å². The normalized spacial score (nSPS) is 36.0. The van der Waals surface area contributed by atoms with Gasteiger partial charge in [0.1, 0.15) is 6.17 Å². The van der Waals surface area contributed by atoms with Crippen molar-refractivity contribution in [1.29, 1.82) is 0 Å². The Kier molecular flexibility index (Phi) is 1.13. The lowest BCUT2D eigenvalue weighted by molar-refractivity contribution is 0.278. The van der Waals surface area contributed by atoms with Crippen LogP contribution in [0.2, 0.25) is 0 Å². The van der Waals surface area contributed by atoms with Crippen molar-refractivity contribution >= 4 is 15.9 Å². The molecule has 0 heterocycles. The van der Waals surface area contributed by atoms with Crippen LogP contribution in [0.15, 0.2) is 0 Å². The first-order valence-corrected chi connectivity index (χ1v) is 2.75. The van der Waals surface area contributed by atoms with Crippen molar-refractivity contribution in [2.45, 2.75) is 19.0 Å². The molecule has 35 valence electrons. The largest absolute Gasteiger partial charge is 0.246 e. The minimum atomic E-state index is -0.634. The zero-order valence-corrected chi connectivity index (χ0v) is 4.83. The lowest BCUT2D eigenvalue weighted by Gasteiger charge is -2.22. The lowest BCUT2D eigenvalue weighted by atomic mass is 9.98. The number of halogens is 2. The fraction of sp³-hybridized carbons (Fsp3) is 0.750. The second-order valence-corrected chi connectivity index (χ2v) is 2.47. The maximum atomic E-state index is 11.8. The van der Waals surface area contributed by atoms with E-state index in [1.807, 2.05) is 0 Å². The van der Waals surface area contributed by atoms with Gasteiger partial charge in [-0.05, 0) is 12.8 Å². The van der Waals surface area contributed by atoms with Gasteiger partial charge in [-0.15, -0.1) is 0 Å². The second-order valence-electron chi connectivity index (χ2n) is 1.45. The van der Waals surface area contributed by atoms with Gasteiger partial charge < -0.3 is 0 Å². The topological polar surface area (TPSA) is 0 Å². The van der Waals surface area contributed by atoms with Gasteiger partial charge in [0.25, 0.3) is 0 Å². The second kappa shape index (κ2) is 1.49. The van der Waals surface area contributed by atoms with E-state index in [0.29, 0.717) is 0 Å². The van der Waals surface area contributed by atoms with E-state index in [4.69, 9.17) is 0 Å². The number of hydrogen-bond donors (Lipinski definition) is 0. The Morgan fingerprint density at radius 2 is 2.33 bits per heavy atom. The van der Waals surface area contributed by atoms with Crippen molar-refractivity contribution in [3.8, 4) is 0 Å². The van der Waals surface area contributed by atoms with Crippen LogP contribution in [0.4, 0.5) is 4.39 Å². The van der Waals surface area contributed by atoms with Crippen molar-refractivity contribution in [2.24, 2.45) is 0 Å². The van der Waals surface area contributed by atoms with Crippen LogP contribution < -0.4 is 0 Å². The Morgan fingerprint density at radius 3 is 2.33 bits per heavy atom. The molecule has 0 aromatic heterocycles. The van der Waals surface area contributed by atoms with Gasteiger partial charge in [-0.25, -0.2) is 4.39 Å². The van der Waals surface area contributed by atoms with Gasteiger partial charge in [0.15, 0.2) is 0 Å². The van der Waals surface area contributed by atoms with E-state index in [2.05, 4.69) is 15.9 Å². The highest BCUT2D eigenvalue weighted by Gasteiger charge is 2.28. The molecule has 1 radical (unpaired) electrons.